The monoisotopic (exact) mass is 1120 g/mol. The van der Waals surface area contributed by atoms with Crippen LogP contribution in [0.1, 0.15) is 87.7 Å². The van der Waals surface area contributed by atoms with E-state index in [1.807, 2.05) is 108 Å². The Morgan fingerprint density at radius 3 is 2.19 bits per heavy atom. The number of rotatable bonds is 18. The standard InChI is InChI=1S/C61H79Cl2N9O7/c1-40(2)64-30-14-19-53-59(75)67-51(39-78-8)61(77)69(5)48(32-42-20-25-46(62)26-21-42)35-57(73)66-50-17-12-13-18-52(50)71(7)60(76)45(31-41-15-10-9-11-16-41)33-58(74)72(53)37-44-22-27-47(63)34-55(44)79-49-28-23-43(24-29-49)54-36-65-56(70(54)6)38-68(3)4/h9-11,15-16,20-29,34,36,40,45,48,50-53,64H,12-14,17-19,30-33,35,37-39H2,1-8H3,(H,66,73)(H,67,75)/t45-,48+,50+,51+,52+,53+/m1/s1. The maximum absolute atomic E-state index is 15.8. The van der Waals surface area contributed by atoms with Crippen molar-refractivity contribution < 1.29 is 33.4 Å². The van der Waals surface area contributed by atoms with E-state index in [1.165, 1.54) is 16.9 Å². The molecule has 0 unspecified atom stereocenters. The van der Waals surface area contributed by atoms with Gasteiger partial charge in [-0.05, 0) is 119 Å². The van der Waals surface area contributed by atoms with E-state index in [0.29, 0.717) is 65.9 Å². The first-order chi connectivity index (χ1) is 37.9. The van der Waals surface area contributed by atoms with Crippen LogP contribution in [-0.4, -0.2) is 143 Å². The lowest BCUT2D eigenvalue weighted by molar-refractivity contribution is -0.148. The summed E-state index contributed by atoms with van der Waals surface area (Å²) in [7, 11) is 10.8. The van der Waals surface area contributed by atoms with Crippen LogP contribution >= 0.6 is 23.2 Å². The molecule has 1 aliphatic heterocycles. The number of carbonyl (C=O) groups is 5. The number of hydrogen-bond acceptors (Lipinski definition) is 10. The van der Waals surface area contributed by atoms with Crippen LogP contribution in [0.25, 0.3) is 11.3 Å². The van der Waals surface area contributed by atoms with Crippen molar-refractivity contribution in [3.05, 3.63) is 136 Å². The third kappa shape index (κ3) is 16.6. The Labute approximate surface area is 476 Å². The Morgan fingerprint density at radius 2 is 1.49 bits per heavy atom. The first-order valence-corrected chi connectivity index (χ1v) is 28.3. The van der Waals surface area contributed by atoms with Gasteiger partial charge in [0, 0.05) is 80.4 Å². The van der Waals surface area contributed by atoms with Crippen molar-refractivity contribution in [3.8, 4) is 22.8 Å². The third-order valence-corrected chi connectivity index (χ3v) is 15.6. The Hall–Kier alpha value is -6.30. The van der Waals surface area contributed by atoms with E-state index >= 15 is 14.4 Å². The lowest BCUT2D eigenvalue weighted by atomic mass is 9.87. The Bertz CT molecular complexity index is 2830. The van der Waals surface area contributed by atoms with Gasteiger partial charge in [-0.15, -0.1) is 0 Å². The zero-order valence-electron chi connectivity index (χ0n) is 47.1. The Morgan fingerprint density at radius 1 is 0.797 bits per heavy atom. The summed E-state index contributed by atoms with van der Waals surface area (Å²) in [6.45, 7) is 4.98. The molecule has 2 heterocycles. The molecule has 1 aliphatic carbocycles. The molecule has 16 nitrogen and oxygen atoms in total. The van der Waals surface area contributed by atoms with E-state index in [4.69, 9.17) is 32.7 Å². The molecule has 424 valence electrons. The first kappa shape index (κ1) is 60.3. The van der Waals surface area contributed by atoms with Crippen molar-refractivity contribution in [1.29, 1.82) is 0 Å². The molecule has 6 atom stereocenters. The van der Waals surface area contributed by atoms with Gasteiger partial charge >= 0.3 is 0 Å². The third-order valence-electron chi connectivity index (χ3n) is 15.2. The van der Waals surface area contributed by atoms with Crippen LogP contribution in [0.3, 0.4) is 0 Å². The van der Waals surface area contributed by atoms with E-state index in [2.05, 4.69) is 30.4 Å². The number of methoxy groups -OCH3 is 1. The van der Waals surface area contributed by atoms with Gasteiger partial charge in [0.1, 0.15) is 29.4 Å². The second-order valence-electron chi connectivity index (χ2n) is 21.7. The predicted octanol–water partition coefficient (Wildman–Crippen LogP) is 8.46. The van der Waals surface area contributed by atoms with Crippen molar-refractivity contribution in [3.63, 3.8) is 0 Å². The number of hydrogen-bond donors (Lipinski definition) is 3. The number of imidazole rings is 1. The normalized spacial score (nSPS) is 21.2. The number of nitrogens with one attached hydrogen (secondary N) is 3. The molecule has 7 rings (SSSR count). The SMILES string of the molecule is COC[C@@H]1NC(=O)[C@H](CCCNC(C)C)N(Cc2ccc(Cl)cc2Oc2ccc(-c3cnc(CN(C)C)n3C)cc2)C(=O)C[C@@H](Cc2ccccc2)C(=O)N(C)[C@H]2CCCC[C@@H]2NC(=O)C[C@H](Cc2ccc(Cl)cc2)N(C)C1=O. The number of likely N-dealkylation sites (N-methyl/N-ethyl adjacent to an activating group) is 2. The number of halogens is 2. The molecular weight excluding hydrogens is 1040 g/mol. The molecule has 4 aromatic carbocycles. The van der Waals surface area contributed by atoms with Crippen LogP contribution in [-0.2, 0) is 61.7 Å². The minimum Gasteiger partial charge on any atom is -0.457 e. The number of benzene rings is 4. The highest BCUT2D eigenvalue weighted by Gasteiger charge is 2.40. The molecule has 2 fully saturated rings. The number of ether oxygens (including phenoxy) is 2. The largest absolute Gasteiger partial charge is 0.457 e. The zero-order chi connectivity index (χ0) is 56.8. The lowest BCUT2D eigenvalue weighted by Gasteiger charge is -2.40. The highest BCUT2D eigenvalue weighted by Crippen LogP contribution is 2.34. The maximum Gasteiger partial charge on any atom is 0.247 e. The van der Waals surface area contributed by atoms with Crippen LogP contribution in [0, 0.1) is 5.92 Å². The van der Waals surface area contributed by atoms with E-state index in [9.17, 15) is 9.59 Å². The minimum atomic E-state index is -1.21. The molecule has 0 bridgehead atoms. The van der Waals surface area contributed by atoms with Gasteiger partial charge in [0.2, 0.25) is 29.5 Å². The van der Waals surface area contributed by atoms with Crippen molar-refractivity contribution in [2.45, 2.75) is 127 Å². The molecule has 0 spiro atoms. The lowest BCUT2D eigenvalue weighted by Crippen LogP contribution is -2.59. The fraction of sp³-hybridized carbons (Fsp3) is 0.475. The average Bonchev–Trinajstić information content (AvgIpc) is 3.82. The fourth-order valence-electron chi connectivity index (χ4n) is 10.8. The molecule has 79 heavy (non-hydrogen) atoms. The summed E-state index contributed by atoms with van der Waals surface area (Å²) >= 11 is 13.0. The molecule has 0 radical (unpaired) electrons. The molecule has 1 saturated heterocycles. The summed E-state index contributed by atoms with van der Waals surface area (Å²) in [4.78, 5) is 87.3. The number of carbonyl (C=O) groups excluding carboxylic acids is 5. The number of nitrogens with zero attached hydrogens (tertiary/aromatic N) is 6. The Kier molecular flexibility index (Phi) is 21.9. The summed E-state index contributed by atoms with van der Waals surface area (Å²) < 4.78 is 14.3. The van der Waals surface area contributed by atoms with Crippen molar-refractivity contribution >= 4 is 52.7 Å². The number of aromatic nitrogens is 2. The van der Waals surface area contributed by atoms with E-state index in [1.54, 1.807) is 49.3 Å². The molecule has 1 aromatic heterocycles. The summed E-state index contributed by atoms with van der Waals surface area (Å²) in [6.07, 6.45) is 5.76. The van der Waals surface area contributed by atoms with Crippen molar-refractivity contribution in [1.82, 2.24) is 45.1 Å². The highest BCUT2D eigenvalue weighted by atomic mass is 35.5. The number of fused-ring (bicyclic) bond motifs is 1. The highest BCUT2D eigenvalue weighted by molar-refractivity contribution is 6.31. The van der Waals surface area contributed by atoms with Gasteiger partial charge in [0.05, 0.1) is 43.5 Å². The maximum atomic E-state index is 15.8. The van der Waals surface area contributed by atoms with E-state index in [0.717, 1.165) is 41.1 Å². The van der Waals surface area contributed by atoms with Gasteiger partial charge in [-0.1, -0.05) is 98.4 Å². The van der Waals surface area contributed by atoms with E-state index in [-0.39, 0.29) is 68.8 Å². The van der Waals surface area contributed by atoms with E-state index < -0.39 is 41.8 Å². The van der Waals surface area contributed by atoms with Crippen LogP contribution < -0.4 is 20.7 Å². The van der Waals surface area contributed by atoms with Crippen LogP contribution in [0.5, 0.6) is 11.5 Å². The number of amides is 5. The molecule has 5 aromatic rings. The molecular formula is C61H79Cl2N9O7. The molecule has 2 aliphatic rings. The summed E-state index contributed by atoms with van der Waals surface area (Å²) in [6, 6.07) is 26.1. The second-order valence-corrected chi connectivity index (χ2v) is 22.6. The van der Waals surface area contributed by atoms with Gasteiger partial charge in [-0.3, -0.25) is 24.0 Å². The molecule has 5 amide bonds. The summed E-state index contributed by atoms with van der Waals surface area (Å²) in [5.41, 5.74) is 4.16. The van der Waals surface area contributed by atoms with Gasteiger partial charge in [0.25, 0.3) is 0 Å². The minimum absolute atomic E-state index is 0.0539. The smallest absolute Gasteiger partial charge is 0.247 e. The van der Waals surface area contributed by atoms with Crippen molar-refractivity contribution in [2.24, 2.45) is 13.0 Å². The summed E-state index contributed by atoms with van der Waals surface area (Å²) in [5, 5.41) is 10.7. The fourth-order valence-corrected chi connectivity index (χ4v) is 11.1. The van der Waals surface area contributed by atoms with Crippen LogP contribution in [0.2, 0.25) is 10.0 Å². The van der Waals surface area contributed by atoms with Crippen LogP contribution in [0.15, 0.2) is 103 Å². The second kappa shape index (κ2) is 28.7. The van der Waals surface area contributed by atoms with Crippen LogP contribution in [0.4, 0.5) is 0 Å². The molecule has 3 N–H and O–H groups in total. The van der Waals surface area contributed by atoms with Gasteiger partial charge in [-0.25, -0.2) is 4.98 Å². The Balaban J connectivity index is 1.32. The first-order valence-electron chi connectivity index (χ1n) is 27.5. The predicted molar refractivity (Wildman–Crippen MR) is 310 cm³/mol. The molecule has 18 heteroatoms. The van der Waals surface area contributed by atoms with Crippen molar-refractivity contribution in [2.75, 3.05) is 48.5 Å². The topological polar surface area (TPSA) is 171 Å². The van der Waals surface area contributed by atoms with Gasteiger partial charge in [0.15, 0.2) is 0 Å². The average molecular weight is 1120 g/mol. The quantitative estimate of drug-likeness (QED) is 0.0724. The summed E-state index contributed by atoms with van der Waals surface area (Å²) in [5.74, 6) is -1.07. The van der Waals surface area contributed by atoms with Gasteiger partial charge < -0.3 is 49.6 Å². The zero-order valence-corrected chi connectivity index (χ0v) is 48.6. The van der Waals surface area contributed by atoms with Gasteiger partial charge in [-0.2, -0.15) is 0 Å². The molecule has 1 saturated carbocycles.